The molecule has 0 unspecified atom stereocenters. The quantitative estimate of drug-likeness (QED) is 0.671. The third-order valence-corrected chi connectivity index (χ3v) is 2.52. The van der Waals surface area contributed by atoms with Crippen LogP contribution in [0.5, 0.6) is 0 Å². The molecule has 2 rings (SSSR count). The molecule has 1 aromatic carbocycles. The second-order valence-electron chi connectivity index (χ2n) is 3.11. The number of thiol groups is 1. The van der Waals surface area contributed by atoms with Gasteiger partial charge in [0.05, 0.1) is 5.52 Å². The Bertz CT molecular complexity index is 436. The molecule has 0 saturated heterocycles. The lowest BCUT2D eigenvalue weighted by molar-refractivity contribution is 1.03. The number of rotatable bonds is 3. The lowest BCUT2D eigenvalue weighted by Gasteiger charge is -2.06. The average molecular weight is 207 g/mol. The average Bonchev–Trinajstić information content (AvgIpc) is 2.58. The highest BCUT2D eigenvalue weighted by Gasteiger charge is 2.02. The Kier molecular flexibility index (Phi) is 2.65. The standard InChI is InChI=1S/C10H13N3S/c11-5-6-12-9-2-1-3-10-8(9)4-7-13(10)14/h1-4,7,12,14H,5-6,11H2. The summed E-state index contributed by atoms with van der Waals surface area (Å²) in [7, 11) is 0. The van der Waals surface area contributed by atoms with Gasteiger partial charge in [0.1, 0.15) is 0 Å². The van der Waals surface area contributed by atoms with Crippen molar-refractivity contribution in [3.8, 4) is 0 Å². The maximum absolute atomic E-state index is 5.44. The van der Waals surface area contributed by atoms with Gasteiger partial charge in [-0.2, -0.15) is 0 Å². The number of aromatic nitrogens is 1. The molecule has 1 aromatic heterocycles. The van der Waals surface area contributed by atoms with Crippen LogP contribution in [0.4, 0.5) is 5.69 Å². The van der Waals surface area contributed by atoms with Gasteiger partial charge < -0.3 is 11.1 Å². The van der Waals surface area contributed by atoms with Crippen molar-refractivity contribution >= 4 is 29.4 Å². The van der Waals surface area contributed by atoms with Gasteiger partial charge in [-0.25, -0.2) is 0 Å². The predicted octanol–water partition coefficient (Wildman–Crippen LogP) is 1.70. The van der Waals surface area contributed by atoms with Gasteiger partial charge in [0, 0.05) is 30.4 Å². The number of nitrogens with zero attached hydrogens (tertiary/aromatic N) is 1. The fraction of sp³-hybridized carbons (Fsp3) is 0.200. The van der Waals surface area contributed by atoms with Gasteiger partial charge in [-0.3, -0.25) is 3.97 Å². The SMILES string of the molecule is NCCNc1cccc2c1ccn2S. The molecule has 0 amide bonds. The van der Waals surface area contributed by atoms with Crippen molar-refractivity contribution < 1.29 is 0 Å². The van der Waals surface area contributed by atoms with Crippen molar-refractivity contribution in [3.05, 3.63) is 30.5 Å². The first-order chi connectivity index (χ1) is 6.83. The van der Waals surface area contributed by atoms with Gasteiger partial charge >= 0.3 is 0 Å². The highest BCUT2D eigenvalue weighted by molar-refractivity contribution is 7.78. The number of hydrogen-bond donors (Lipinski definition) is 3. The van der Waals surface area contributed by atoms with E-state index in [-0.39, 0.29) is 0 Å². The molecule has 0 aliphatic carbocycles. The molecule has 0 radical (unpaired) electrons. The van der Waals surface area contributed by atoms with Crippen molar-refractivity contribution in [1.82, 2.24) is 3.97 Å². The molecular weight excluding hydrogens is 194 g/mol. The van der Waals surface area contributed by atoms with E-state index in [0.29, 0.717) is 6.54 Å². The van der Waals surface area contributed by atoms with Crippen LogP contribution in [0.3, 0.4) is 0 Å². The van der Waals surface area contributed by atoms with Crippen LogP contribution in [0.15, 0.2) is 30.5 Å². The highest BCUT2D eigenvalue weighted by atomic mass is 32.1. The van der Waals surface area contributed by atoms with Crippen molar-refractivity contribution in [2.75, 3.05) is 18.4 Å². The lowest BCUT2D eigenvalue weighted by Crippen LogP contribution is -2.13. The van der Waals surface area contributed by atoms with Crippen LogP contribution >= 0.6 is 12.8 Å². The maximum atomic E-state index is 5.44. The Labute approximate surface area is 88.4 Å². The summed E-state index contributed by atoms with van der Waals surface area (Å²) in [5.41, 5.74) is 7.66. The molecule has 1 heterocycles. The third-order valence-electron chi connectivity index (χ3n) is 2.17. The number of anilines is 1. The molecule has 0 fully saturated rings. The number of nitrogens with two attached hydrogens (primary N) is 1. The molecule has 0 spiro atoms. The fourth-order valence-corrected chi connectivity index (χ4v) is 1.76. The summed E-state index contributed by atoms with van der Waals surface area (Å²) in [4.78, 5) is 0. The van der Waals surface area contributed by atoms with Gasteiger partial charge in [0.15, 0.2) is 0 Å². The van der Waals surface area contributed by atoms with Crippen molar-refractivity contribution in [3.63, 3.8) is 0 Å². The minimum Gasteiger partial charge on any atom is -0.383 e. The van der Waals surface area contributed by atoms with E-state index in [1.807, 2.05) is 34.4 Å². The maximum Gasteiger partial charge on any atom is 0.0609 e. The van der Waals surface area contributed by atoms with Crippen molar-refractivity contribution in [1.29, 1.82) is 0 Å². The van der Waals surface area contributed by atoms with Gasteiger partial charge in [0.25, 0.3) is 0 Å². The van der Waals surface area contributed by atoms with E-state index in [1.165, 1.54) is 5.39 Å². The van der Waals surface area contributed by atoms with Crippen LogP contribution in [0, 0.1) is 0 Å². The first kappa shape index (κ1) is 9.43. The Morgan fingerprint density at radius 2 is 2.21 bits per heavy atom. The predicted molar refractivity (Wildman–Crippen MR) is 63.9 cm³/mol. The van der Waals surface area contributed by atoms with Crippen LogP contribution < -0.4 is 11.1 Å². The smallest absolute Gasteiger partial charge is 0.0609 e. The molecule has 0 saturated carbocycles. The van der Waals surface area contributed by atoms with E-state index in [1.54, 1.807) is 0 Å². The van der Waals surface area contributed by atoms with Crippen LogP contribution in [0.1, 0.15) is 0 Å². The molecule has 0 atom stereocenters. The van der Waals surface area contributed by atoms with Gasteiger partial charge in [-0.15, -0.1) is 0 Å². The van der Waals surface area contributed by atoms with Crippen LogP contribution in [0.25, 0.3) is 10.9 Å². The summed E-state index contributed by atoms with van der Waals surface area (Å²) >= 11 is 4.30. The summed E-state index contributed by atoms with van der Waals surface area (Å²) in [6, 6.07) is 8.14. The van der Waals surface area contributed by atoms with Gasteiger partial charge in [-0.05, 0) is 18.2 Å². The molecule has 3 N–H and O–H groups in total. The minimum atomic E-state index is 0.637. The molecule has 0 aliphatic rings. The van der Waals surface area contributed by atoms with E-state index in [9.17, 15) is 0 Å². The number of nitrogens with one attached hydrogen (secondary N) is 1. The molecule has 14 heavy (non-hydrogen) atoms. The normalized spacial score (nSPS) is 10.7. The van der Waals surface area contributed by atoms with Crippen LogP contribution in [0.2, 0.25) is 0 Å². The van der Waals surface area contributed by atoms with E-state index in [4.69, 9.17) is 5.73 Å². The van der Waals surface area contributed by atoms with Crippen molar-refractivity contribution in [2.45, 2.75) is 0 Å². The Balaban J connectivity index is 2.44. The number of hydrogen-bond acceptors (Lipinski definition) is 3. The first-order valence-electron chi connectivity index (χ1n) is 4.56. The molecule has 0 aliphatic heterocycles. The molecule has 0 bridgehead atoms. The number of fused-ring (bicyclic) bond motifs is 1. The van der Waals surface area contributed by atoms with Crippen LogP contribution in [-0.2, 0) is 0 Å². The summed E-state index contributed by atoms with van der Waals surface area (Å²) in [5, 5.41) is 4.46. The zero-order valence-corrected chi connectivity index (χ0v) is 8.67. The monoisotopic (exact) mass is 207 g/mol. The van der Waals surface area contributed by atoms with E-state index >= 15 is 0 Å². The largest absolute Gasteiger partial charge is 0.383 e. The van der Waals surface area contributed by atoms with E-state index < -0.39 is 0 Å². The summed E-state index contributed by atoms with van der Waals surface area (Å²) < 4.78 is 1.81. The van der Waals surface area contributed by atoms with E-state index in [0.717, 1.165) is 17.7 Å². The lowest BCUT2D eigenvalue weighted by atomic mass is 10.2. The fourth-order valence-electron chi connectivity index (χ4n) is 1.51. The summed E-state index contributed by atoms with van der Waals surface area (Å²) in [6.45, 7) is 1.43. The topological polar surface area (TPSA) is 43.0 Å². The molecule has 74 valence electrons. The highest BCUT2D eigenvalue weighted by Crippen LogP contribution is 2.24. The van der Waals surface area contributed by atoms with Gasteiger partial charge in [-0.1, -0.05) is 18.9 Å². The zero-order chi connectivity index (χ0) is 9.97. The van der Waals surface area contributed by atoms with E-state index in [2.05, 4.69) is 18.1 Å². The Morgan fingerprint density at radius 1 is 1.36 bits per heavy atom. The summed E-state index contributed by atoms with van der Waals surface area (Å²) in [5.74, 6) is 0. The van der Waals surface area contributed by atoms with Crippen LogP contribution in [-0.4, -0.2) is 17.1 Å². The van der Waals surface area contributed by atoms with Gasteiger partial charge in [0.2, 0.25) is 0 Å². The van der Waals surface area contributed by atoms with Crippen molar-refractivity contribution in [2.24, 2.45) is 5.73 Å². The number of benzene rings is 1. The Hall–Kier alpha value is -1.13. The second kappa shape index (κ2) is 3.94. The molecule has 4 heteroatoms. The molecular formula is C10H13N3S. The first-order valence-corrected chi connectivity index (χ1v) is 4.96. The summed E-state index contributed by atoms with van der Waals surface area (Å²) in [6.07, 6.45) is 1.93. The molecule has 2 aromatic rings. The zero-order valence-electron chi connectivity index (χ0n) is 7.77. The third kappa shape index (κ3) is 1.58. The second-order valence-corrected chi connectivity index (χ2v) is 3.55. The minimum absolute atomic E-state index is 0.637. The molecule has 3 nitrogen and oxygen atoms in total. The Morgan fingerprint density at radius 3 is 3.00 bits per heavy atom.